The van der Waals surface area contributed by atoms with Gasteiger partial charge in [0.2, 0.25) is 10.0 Å². The van der Waals surface area contributed by atoms with Gasteiger partial charge in [0.25, 0.3) is 0 Å². The first-order valence-electron chi connectivity index (χ1n) is 9.26. The Kier molecular flexibility index (Phi) is 9.95. The summed E-state index contributed by atoms with van der Waals surface area (Å²) in [4.78, 5) is 12.8. The molecule has 0 saturated heterocycles. The normalized spacial score (nSPS) is 15.0. The molecule has 0 aliphatic carbocycles. The molecular formula is C22H25I2N3O2S. The van der Waals surface area contributed by atoms with Crippen LogP contribution in [0.4, 0.5) is 0 Å². The van der Waals surface area contributed by atoms with Gasteiger partial charge in [-0.25, -0.2) is 12.4 Å². The van der Waals surface area contributed by atoms with Crippen molar-refractivity contribution in [3.05, 3.63) is 71.7 Å². The molecule has 0 bridgehead atoms. The Bertz CT molecular complexity index is 1140. The number of halogens is 2. The number of aromatic nitrogens is 2. The summed E-state index contributed by atoms with van der Waals surface area (Å²) in [5.41, 5.74) is 4.63. The van der Waals surface area contributed by atoms with Crippen LogP contribution in [0.5, 0.6) is 0 Å². The Balaban J connectivity index is 0.000000757. The van der Waals surface area contributed by atoms with Crippen molar-refractivity contribution in [2.75, 3.05) is 22.7 Å². The molecule has 2 aromatic heterocycles. The largest absolute Gasteiger partial charge is 0.284 e. The molecule has 0 unspecified atom stereocenters. The van der Waals surface area contributed by atoms with Gasteiger partial charge in [-0.3, -0.25) is 9.98 Å². The van der Waals surface area contributed by atoms with E-state index in [1.165, 1.54) is 10.2 Å². The fraction of sp³-hybridized carbons (Fsp3) is 0.273. The lowest BCUT2D eigenvalue weighted by molar-refractivity contribution is 0.595. The van der Waals surface area contributed by atoms with E-state index in [4.69, 9.17) is 4.99 Å². The van der Waals surface area contributed by atoms with Gasteiger partial charge in [0.05, 0.1) is 17.5 Å². The maximum absolute atomic E-state index is 12.1. The molecule has 0 N–H and O–H groups in total. The summed E-state index contributed by atoms with van der Waals surface area (Å²) in [6.45, 7) is 0.798. The number of alkyl halides is 2. The van der Waals surface area contributed by atoms with Crippen LogP contribution in [0.15, 0.2) is 65.6 Å². The molecule has 8 heteroatoms. The van der Waals surface area contributed by atoms with E-state index >= 15 is 0 Å². The van der Waals surface area contributed by atoms with Crippen LogP contribution in [0, 0.1) is 0 Å². The van der Waals surface area contributed by atoms with E-state index in [-0.39, 0.29) is 0 Å². The molecule has 1 aliphatic heterocycles. The number of fused-ring (bicyclic) bond motifs is 1. The molecule has 0 radical (unpaired) electrons. The minimum Gasteiger partial charge on any atom is -0.284 e. The first-order valence-corrected chi connectivity index (χ1v) is 15.4. The molecule has 3 heterocycles. The highest BCUT2D eigenvalue weighted by Crippen LogP contribution is 2.28. The Hall–Kier alpha value is -1.27. The highest BCUT2D eigenvalue weighted by Gasteiger charge is 2.17. The molecule has 1 aliphatic rings. The minimum atomic E-state index is -3.37. The standard InChI is InChI=1S/C20H19N3O2S.2CH3I/c1-26(24,25)23-14-17(18-8-2-3-9-19(18)23)12-15-6-5-11-22-20(15)16-7-4-10-21-13-16;2*1-2/h2-4,7-10,12-14H,5-6,11H2,1H3;2*1H3/b15-12+;;. The summed E-state index contributed by atoms with van der Waals surface area (Å²) < 4.78 is 25.6. The number of nitrogens with zero attached hydrogens (tertiary/aromatic N) is 3. The van der Waals surface area contributed by atoms with Crippen molar-refractivity contribution in [1.82, 2.24) is 8.96 Å². The quantitative estimate of drug-likeness (QED) is 0.274. The molecule has 3 aromatic rings. The first-order chi connectivity index (χ1) is 14.5. The summed E-state index contributed by atoms with van der Waals surface area (Å²) in [5.74, 6) is 0. The molecule has 4 rings (SSSR count). The number of pyridine rings is 1. The zero-order valence-corrected chi connectivity index (χ0v) is 22.3. The van der Waals surface area contributed by atoms with Crippen molar-refractivity contribution < 1.29 is 8.42 Å². The first kappa shape index (κ1) is 25.0. The predicted molar refractivity (Wildman–Crippen MR) is 145 cm³/mol. The van der Waals surface area contributed by atoms with Crippen LogP contribution in [-0.2, 0) is 10.0 Å². The van der Waals surface area contributed by atoms with Gasteiger partial charge in [-0.15, -0.1) is 0 Å². The maximum Gasteiger partial charge on any atom is 0.236 e. The third-order valence-corrected chi connectivity index (χ3v) is 5.53. The molecule has 5 nitrogen and oxygen atoms in total. The van der Waals surface area contributed by atoms with E-state index in [1.54, 1.807) is 12.4 Å². The maximum atomic E-state index is 12.1. The van der Waals surface area contributed by atoms with E-state index in [0.717, 1.165) is 47.2 Å². The van der Waals surface area contributed by atoms with Crippen LogP contribution < -0.4 is 0 Å². The van der Waals surface area contributed by atoms with Gasteiger partial charge in [-0.05, 0) is 52.6 Å². The van der Waals surface area contributed by atoms with Crippen molar-refractivity contribution in [1.29, 1.82) is 0 Å². The van der Waals surface area contributed by atoms with E-state index in [1.807, 2.05) is 52.5 Å². The predicted octanol–water partition coefficient (Wildman–Crippen LogP) is 5.61. The van der Waals surface area contributed by atoms with Gasteiger partial charge in [0, 0.05) is 41.6 Å². The van der Waals surface area contributed by atoms with Gasteiger partial charge in [0.1, 0.15) is 0 Å². The number of benzene rings is 1. The Morgan fingerprint density at radius 3 is 2.47 bits per heavy atom. The average Bonchev–Trinajstić information content (AvgIpc) is 3.17. The van der Waals surface area contributed by atoms with Gasteiger partial charge >= 0.3 is 0 Å². The van der Waals surface area contributed by atoms with Gasteiger partial charge in [0.15, 0.2) is 0 Å². The molecule has 0 amide bonds. The lowest BCUT2D eigenvalue weighted by Gasteiger charge is -2.16. The summed E-state index contributed by atoms with van der Waals surface area (Å²) in [6.07, 6.45) is 10.4. The van der Waals surface area contributed by atoms with Crippen LogP contribution in [0.25, 0.3) is 17.0 Å². The molecule has 0 fully saturated rings. The second-order valence-electron chi connectivity index (χ2n) is 6.41. The lowest BCUT2D eigenvalue weighted by Crippen LogP contribution is -2.12. The second kappa shape index (κ2) is 11.9. The SMILES string of the molecule is CI.CI.CS(=O)(=O)n1cc(/C=C2\CCCN=C2c2cccnc2)c2ccccc21. The highest BCUT2D eigenvalue weighted by molar-refractivity contribution is 14.1. The van der Waals surface area contributed by atoms with Crippen LogP contribution in [-0.4, -0.2) is 45.7 Å². The summed E-state index contributed by atoms with van der Waals surface area (Å²) in [6, 6.07) is 11.5. The van der Waals surface area contributed by atoms with E-state index in [2.05, 4.69) is 56.2 Å². The number of aliphatic imine (C=N–C) groups is 1. The third-order valence-electron chi connectivity index (χ3n) is 4.51. The smallest absolute Gasteiger partial charge is 0.236 e. The van der Waals surface area contributed by atoms with Crippen molar-refractivity contribution in [2.45, 2.75) is 12.8 Å². The monoisotopic (exact) mass is 649 g/mol. The Labute approximate surface area is 206 Å². The fourth-order valence-electron chi connectivity index (χ4n) is 3.35. The van der Waals surface area contributed by atoms with E-state index < -0.39 is 10.0 Å². The molecule has 1 aromatic carbocycles. The molecule has 160 valence electrons. The Morgan fingerprint density at radius 2 is 1.80 bits per heavy atom. The summed E-state index contributed by atoms with van der Waals surface area (Å²) >= 11 is 4.30. The molecular weight excluding hydrogens is 624 g/mol. The minimum absolute atomic E-state index is 0.692. The van der Waals surface area contributed by atoms with Crippen molar-refractivity contribution in [2.24, 2.45) is 4.99 Å². The lowest BCUT2D eigenvalue weighted by atomic mass is 9.95. The molecule has 0 spiro atoms. The van der Waals surface area contributed by atoms with Crippen molar-refractivity contribution in [3.8, 4) is 0 Å². The second-order valence-corrected chi connectivity index (χ2v) is 8.26. The Morgan fingerprint density at radius 1 is 1.07 bits per heavy atom. The third kappa shape index (κ3) is 5.91. The molecule has 0 saturated carbocycles. The zero-order valence-electron chi connectivity index (χ0n) is 17.2. The van der Waals surface area contributed by atoms with Crippen LogP contribution in [0.3, 0.4) is 0 Å². The number of hydrogen-bond acceptors (Lipinski definition) is 4. The number of para-hydroxylation sites is 1. The summed E-state index contributed by atoms with van der Waals surface area (Å²) in [5, 5.41) is 0.918. The van der Waals surface area contributed by atoms with Gasteiger partial charge in [-0.2, -0.15) is 0 Å². The van der Waals surface area contributed by atoms with E-state index in [0.29, 0.717) is 5.52 Å². The molecule has 0 atom stereocenters. The fourth-order valence-corrected chi connectivity index (χ4v) is 4.17. The number of rotatable bonds is 3. The van der Waals surface area contributed by atoms with Crippen LogP contribution in [0.2, 0.25) is 0 Å². The summed E-state index contributed by atoms with van der Waals surface area (Å²) in [7, 11) is -3.37. The van der Waals surface area contributed by atoms with Gasteiger partial charge in [-0.1, -0.05) is 63.4 Å². The van der Waals surface area contributed by atoms with Crippen LogP contribution >= 0.6 is 45.2 Å². The van der Waals surface area contributed by atoms with Crippen LogP contribution in [0.1, 0.15) is 24.0 Å². The van der Waals surface area contributed by atoms with Crippen molar-refractivity contribution in [3.63, 3.8) is 0 Å². The average molecular weight is 649 g/mol. The highest BCUT2D eigenvalue weighted by atomic mass is 127. The number of allylic oxidation sites excluding steroid dienone is 1. The topological polar surface area (TPSA) is 64.3 Å². The zero-order chi connectivity index (χ0) is 22.1. The van der Waals surface area contributed by atoms with E-state index in [9.17, 15) is 8.42 Å². The molecule has 30 heavy (non-hydrogen) atoms. The van der Waals surface area contributed by atoms with Crippen molar-refractivity contribution >= 4 is 77.9 Å². The van der Waals surface area contributed by atoms with Gasteiger partial charge < -0.3 is 0 Å². The number of hydrogen-bond donors (Lipinski definition) is 0.